The zero-order valence-electron chi connectivity index (χ0n) is 16.6. The van der Waals surface area contributed by atoms with E-state index in [2.05, 4.69) is 0 Å². The highest BCUT2D eigenvalue weighted by molar-refractivity contribution is 5.81. The molecule has 1 aliphatic carbocycles. The van der Waals surface area contributed by atoms with Crippen molar-refractivity contribution < 1.29 is 32.6 Å². The first-order valence-electron chi connectivity index (χ1n) is 10.2. The molecule has 4 rings (SSSR count). The van der Waals surface area contributed by atoms with Crippen LogP contribution in [0.25, 0.3) is 11.1 Å². The van der Waals surface area contributed by atoms with Gasteiger partial charge in [0.15, 0.2) is 0 Å². The Hall–Kier alpha value is -3.03. The number of ether oxygens (including phenoxy) is 1. The molecule has 2 aromatic rings. The first kappa shape index (κ1) is 21.2. The van der Waals surface area contributed by atoms with Crippen LogP contribution in [0.15, 0.2) is 48.5 Å². The van der Waals surface area contributed by atoms with Crippen LogP contribution in [0.1, 0.15) is 36.3 Å². The van der Waals surface area contributed by atoms with Gasteiger partial charge in [0, 0.05) is 18.9 Å². The smallest absolute Gasteiger partial charge is 0.410 e. The number of carbonyl (C=O) groups is 2. The van der Waals surface area contributed by atoms with Crippen molar-refractivity contribution in [3.63, 3.8) is 0 Å². The van der Waals surface area contributed by atoms with Gasteiger partial charge in [-0.2, -0.15) is 13.2 Å². The van der Waals surface area contributed by atoms with Crippen LogP contribution in [0, 0.1) is 5.92 Å². The topological polar surface area (TPSA) is 66.8 Å². The van der Waals surface area contributed by atoms with Crippen molar-refractivity contribution in [1.82, 2.24) is 4.90 Å². The zero-order chi connectivity index (χ0) is 22.2. The van der Waals surface area contributed by atoms with Gasteiger partial charge in [0.1, 0.15) is 12.6 Å². The summed E-state index contributed by atoms with van der Waals surface area (Å²) in [6.07, 6.45) is -6.36. The third-order valence-corrected chi connectivity index (χ3v) is 6.09. The molecule has 31 heavy (non-hydrogen) atoms. The first-order chi connectivity index (χ1) is 14.7. The molecule has 5 nitrogen and oxygen atoms in total. The number of halogens is 3. The maximum Gasteiger partial charge on any atom is 0.410 e. The Bertz CT molecular complexity index is 945. The van der Waals surface area contributed by atoms with Crippen molar-refractivity contribution in [2.75, 3.05) is 13.2 Å². The van der Waals surface area contributed by atoms with E-state index in [1.807, 2.05) is 48.5 Å². The van der Waals surface area contributed by atoms with E-state index in [1.165, 1.54) is 0 Å². The highest BCUT2D eigenvalue weighted by Gasteiger charge is 2.41. The number of likely N-dealkylation sites (tertiary alicyclic amines) is 1. The molecule has 0 bridgehead atoms. The number of carbonyl (C=O) groups excluding carboxylic acids is 1. The number of piperidine rings is 1. The number of amides is 1. The van der Waals surface area contributed by atoms with Crippen LogP contribution in [0.5, 0.6) is 0 Å². The largest absolute Gasteiger partial charge is 0.480 e. The number of aliphatic carboxylic acids is 1. The molecule has 1 saturated heterocycles. The van der Waals surface area contributed by atoms with Gasteiger partial charge in [-0.05, 0) is 41.0 Å². The number of carboxylic acids is 1. The quantitative estimate of drug-likeness (QED) is 0.733. The lowest BCUT2D eigenvalue weighted by Gasteiger charge is -2.36. The molecule has 1 N–H and O–H groups in total. The fourth-order valence-electron chi connectivity index (χ4n) is 4.68. The van der Waals surface area contributed by atoms with Crippen molar-refractivity contribution in [3.05, 3.63) is 59.7 Å². The monoisotopic (exact) mass is 433 g/mol. The van der Waals surface area contributed by atoms with E-state index in [4.69, 9.17) is 4.74 Å². The lowest BCUT2D eigenvalue weighted by Crippen LogP contribution is -2.50. The van der Waals surface area contributed by atoms with E-state index in [9.17, 15) is 27.9 Å². The van der Waals surface area contributed by atoms with E-state index in [-0.39, 0.29) is 31.9 Å². The Morgan fingerprint density at radius 1 is 1.03 bits per heavy atom. The number of carboxylic acid groups (broad SMARTS) is 1. The summed E-state index contributed by atoms with van der Waals surface area (Å²) in [6.45, 7) is -0.0456. The van der Waals surface area contributed by atoms with Crippen LogP contribution in [-0.2, 0) is 9.53 Å². The van der Waals surface area contributed by atoms with Crippen molar-refractivity contribution in [3.8, 4) is 11.1 Å². The summed E-state index contributed by atoms with van der Waals surface area (Å²) in [5.41, 5.74) is 4.18. The third kappa shape index (κ3) is 4.38. The van der Waals surface area contributed by atoms with Gasteiger partial charge < -0.3 is 9.84 Å². The molecule has 0 spiro atoms. The number of hydrogen-bond acceptors (Lipinski definition) is 3. The number of benzene rings is 2. The molecule has 0 aromatic heterocycles. The Morgan fingerprint density at radius 2 is 1.61 bits per heavy atom. The van der Waals surface area contributed by atoms with E-state index >= 15 is 0 Å². The van der Waals surface area contributed by atoms with Gasteiger partial charge in [-0.3, -0.25) is 4.90 Å². The van der Waals surface area contributed by atoms with Crippen LogP contribution >= 0.6 is 0 Å². The van der Waals surface area contributed by atoms with E-state index < -0.39 is 36.6 Å². The molecule has 0 radical (unpaired) electrons. The molecule has 8 heteroatoms. The van der Waals surface area contributed by atoms with Crippen molar-refractivity contribution >= 4 is 12.1 Å². The van der Waals surface area contributed by atoms with Gasteiger partial charge in [-0.1, -0.05) is 48.5 Å². The highest BCUT2D eigenvalue weighted by atomic mass is 19.4. The number of rotatable bonds is 4. The second-order valence-electron chi connectivity index (χ2n) is 8.06. The van der Waals surface area contributed by atoms with Crippen LogP contribution < -0.4 is 0 Å². The molecule has 1 heterocycles. The Labute approximate surface area is 177 Å². The van der Waals surface area contributed by atoms with Gasteiger partial charge in [0.05, 0.1) is 0 Å². The van der Waals surface area contributed by atoms with Crippen LogP contribution in [0.3, 0.4) is 0 Å². The summed E-state index contributed by atoms with van der Waals surface area (Å²) in [6, 6.07) is 14.3. The fraction of sp³-hybridized carbons (Fsp3) is 0.391. The first-order valence-corrected chi connectivity index (χ1v) is 10.2. The number of fused-ring (bicyclic) bond motifs is 3. The predicted octanol–water partition coefficient (Wildman–Crippen LogP) is 5.05. The number of alkyl halides is 3. The average Bonchev–Trinajstić information content (AvgIpc) is 3.04. The van der Waals surface area contributed by atoms with Crippen LogP contribution in [-0.4, -0.2) is 47.4 Å². The molecule has 2 unspecified atom stereocenters. The molecule has 2 aromatic carbocycles. The average molecular weight is 433 g/mol. The lowest BCUT2D eigenvalue weighted by atomic mass is 9.88. The SMILES string of the molecule is O=C(O)C1CC(CC(F)(F)F)CCN1C(=O)OCC1c2ccccc2-c2ccccc21. The standard InChI is InChI=1S/C23H22F3NO4/c24-23(25,26)12-14-9-10-27(20(11-14)21(28)29)22(30)31-13-19-17-7-3-1-5-15(17)16-6-2-4-8-18(16)19/h1-8,14,19-20H,9-13H2,(H,28,29). The highest BCUT2D eigenvalue weighted by Crippen LogP contribution is 2.44. The number of nitrogens with zero attached hydrogens (tertiary/aromatic N) is 1. The van der Waals surface area contributed by atoms with Gasteiger partial charge in [0.25, 0.3) is 0 Å². The number of hydrogen-bond donors (Lipinski definition) is 1. The summed E-state index contributed by atoms with van der Waals surface area (Å²) in [5.74, 6) is -2.32. The Balaban J connectivity index is 1.46. The predicted molar refractivity (Wildman–Crippen MR) is 107 cm³/mol. The Morgan fingerprint density at radius 3 is 2.16 bits per heavy atom. The Kier molecular flexibility index (Phi) is 5.64. The lowest BCUT2D eigenvalue weighted by molar-refractivity contribution is -0.156. The maximum absolute atomic E-state index is 12.7. The van der Waals surface area contributed by atoms with Crippen molar-refractivity contribution in [1.29, 1.82) is 0 Å². The normalized spacial score (nSPS) is 20.8. The minimum absolute atomic E-state index is 0.0294. The van der Waals surface area contributed by atoms with Gasteiger partial charge in [-0.15, -0.1) is 0 Å². The van der Waals surface area contributed by atoms with Crippen molar-refractivity contribution in [2.24, 2.45) is 5.92 Å². The van der Waals surface area contributed by atoms with Gasteiger partial charge in [0.2, 0.25) is 0 Å². The van der Waals surface area contributed by atoms with E-state index in [1.54, 1.807) is 0 Å². The van der Waals surface area contributed by atoms with E-state index in [0.717, 1.165) is 27.2 Å². The van der Waals surface area contributed by atoms with Crippen molar-refractivity contribution in [2.45, 2.75) is 37.4 Å². The molecule has 0 saturated carbocycles. The van der Waals surface area contributed by atoms with Gasteiger partial charge in [-0.25, -0.2) is 9.59 Å². The molecule has 1 fully saturated rings. The summed E-state index contributed by atoms with van der Waals surface area (Å²) in [7, 11) is 0. The van der Waals surface area contributed by atoms with E-state index in [0.29, 0.717) is 0 Å². The van der Waals surface area contributed by atoms with Gasteiger partial charge >= 0.3 is 18.2 Å². The summed E-state index contributed by atoms with van der Waals surface area (Å²) in [5, 5.41) is 9.48. The molecular weight excluding hydrogens is 411 g/mol. The van der Waals surface area contributed by atoms with Crippen LogP contribution in [0.2, 0.25) is 0 Å². The summed E-state index contributed by atoms with van der Waals surface area (Å²) >= 11 is 0. The minimum Gasteiger partial charge on any atom is -0.480 e. The maximum atomic E-state index is 12.7. The molecule has 164 valence electrons. The van der Waals surface area contributed by atoms with Crippen LogP contribution in [0.4, 0.5) is 18.0 Å². The molecule has 2 aliphatic rings. The summed E-state index contributed by atoms with van der Waals surface area (Å²) < 4.78 is 43.6. The molecular formula is C23H22F3NO4. The molecule has 2 atom stereocenters. The fourth-order valence-corrected chi connectivity index (χ4v) is 4.68. The summed E-state index contributed by atoms with van der Waals surface area (Å²) in [4.78, 5) is 25.4. The molecule has 1 amide bonds. The minimum atomic E-state index is -4.36. The second-order valence-corrected chi connectivity index (χ2v) is 8.06. The third-order valence-electron chi connectivity index (χ3n) is 6.09. The molecule has 1 aliphatic heterocycles. The zero-order valence-corrected chi connectivity index (χ0v) is 16.6. The second kappa shape index (κ2) is 8.24.